The first-order valence-corrected chi connectivity index (χ1v) is 9.20. The van der Waals surface area contributed by atoms with E-state index in [1.165, 1.54) is 38.5 Å². The number of alkyl halides is 1. The standard InChI is InChI=1S/C17H22BrClO2/c18-14-11-17-16(20-7-8-21-17)10-13(14)15(19)9-12-5-3-1-2-4-6-12/h10-12,15H,1-9H2. The summed E-state index contributed by atoms with van der Waals surface area (Å²) in [5.74, 6) is 2.40. The normalized spacial score (nSPS) is 20.9. The molecule has 1 atom stereocenters. The largest absolute Gasteiger partial charge is 0.486 e. The van der Waals surface area contributed by atoms with Crippen molar-refractivity contribution in [2.75, 3.05) is 13.2 Å². The molecule has 2 nitrogen and oxygen atoms in total. The lowest BCUT2D eigenvalue weighted by molar-refractivity contribution is 0.171. The Balaban J connectivity index is 1.72. The zero-order valence-corrected chi connectivity index (χ0v) is 14.6. The maximum absolute atomic E-state index is 6.71. The summed E-state index contributed by atoms with van der Waals surface area (Å²) in [7, 11) is 0. The van der Waals surface area contributed by atoms with Crippen molar-refractivity contribution in [3.05, 3.63) is 22.2 Å². The van der Waals surface area contributed by atoms with Gasteiger partial charge < -0.3 is 9.47 Å². The summed E-state index contributed by atoms with van der Waals surface area (Å²) < 4.78 is 12.3. The minimum absolute atomic E-state index is 0.0401. The Hall–Kier alpha value is -0.410. The summed E-state index contributed by atoms with van der Waals surface area (Å²) in [4.78, 5) is 0. The average molecular weight is 374 g/mol. The van der Waals surface area contributed by atoms with Gasteiger partial charge in [-0.2, -0.15) is 0 Å². The highest BCUT2D eigenvalue weighted by molar-refractivity contribution is 9.10. The molecule has 0 spiro atoms. The summed E-state index contributed by atoms with van der Waals surface area (Å²) in [5.41, 5.74) is 1.13. The molecule has 1 heterocycles. The number of halogens is 2. The van der Waals surface area contributed by atoms with Crippen LogP contribution in [0.15, 0.2) is 16.6 Å². The fraction of sp³-hybridized carbons (Fsp3) is 0.647. The van der Waals surface area contributed by atoms with Crippen LogP contribution in [-0.4, -0.2) is 13.2 Å². The first-order chi connectivity index (χ1) is 10.2. The van der Waals surface area contributed by atoms with Crippen LogP contribution < -0.4 is 9.47 Å². The maximum atomic E-state index is 6.71. The van der Waals surface area contributed by atoms with Crippen molar-refractivity contribution in [1.82, 2.24) is 0 Å². The number of hydrogen-bond acceptors (Lipinski definition) is 2. The summed E-state index contributed by atoms with van der Waals surface area (Å²) in [6.07, 6.45) is 9.19. The molecule has 1 aromatic rings. The van der Waals surface area contributed by atoms with E-state index in [-0.39, 0.29) is 5.38 Å². The zero-order chi connectivity index (χ0) is 14.7. The van der Waals surface area contributed by atoms with Crippen LogP contribution in [-0.2, 0) is 0 Å². The van der Waals surface area contributed by atoms with E-state index in [1.807, 2.05) is 12.1 Å². The molecule has 1 aliphatic heterocycles. The van der Waals surface area contributed by atoms with Gasteiger partial charge in [-0.3, -0.25) is 0 Å². The third kappa shape index (κ3) is 3.87. The molecule has 1 unspecified atom stereocenters. The van der Waals surface area contributed by atoms with Gasteiger partial charge in [0, 0.05) is 4.47 Å². The van der Waals surface area contributed by atoms with Gasteiger partial charge >= 0.3 is 0 Å². The summed E-state index contributed by atoms with van der Waals surface area (Å²) >= 11 is 10.4. The van der Waals surface area contributed by atoms with Gasteiger partial charge in [0.1, 0.15) is 13.2 Å². The molecule has 0 aromatic heterocycles. The fourth-order valence-corrected chi connectivity index (χ4v) is 4.50. The molecule has 1 fully saturated rings. The summed E-state index contributed by atoms with van der Waals surface area (Å²) in [6.45, 7) is 1.23. The lowest BCUT2D eigenvalue weighted by atomic mass is 9.92. The minimum atomic E-state index is 0.0401. The van der Waals surface area contributed by atoms with Gasteiger partial charge in [-0.1, -0.05) is 54.5 Å². The van der Waals surface area contributed by atoms with E-state index in [9.17, 15) is 0 Å². The molecule has 116 valence electrons. The summed E-state index contributed by atoms with van der Waals surface area (Å²) in [5, 5.41) is 0.0401. The molecule has 2 aliphatic rings. The van der Waals surface area contributed by atoms with Crippen molar-refractivity contribution in [2.24, 2.45) is 5.92 Å². The Kier molecular flexibility index (Phi) is 5.33. The zero-order valence-electron chi connectivity index (χ0n) is 12.2. The quantitative estimate of drug-likeness (QED) is 0.488. The third-order valence-corrected chi connectivity index (χ3v) is 5.61. The summed E-state index contributed by atoms with van der Waals surface area (Å²) in [6, 6.07) is 4.04. The Bertz CT molecular complexity index is 484. The monoisotopic (exact) mass is 372 g/mol. The predicted molar refractivity (Wildman–Crippen MR) is 89.5 cm³/mol. The van der Waals surface area contributed by atoms with E-state index >= 15 is 0 Å². The van der Waals surface area contributed by atoms with E-state index in [1.54, 1.807) is 0 Å². The maximum Gasteiger partial charge on any atom is 0.162 e. The third-order valence-electron chi connectivity index (χ3n) is 4.51. The molecule has 1 saturated carbocycles. The first-order valence-electron chi connectivity index (χ1n) is 7.97. The molecular weight excluding hydrogens is 352 g/mol. The van der Waals surface area contributed by atoms with Crippen molar-refractivity contribution in [3.63, 3.8) is 0 Å². The van der Waals surface area contributed by atoms with Crippen molar-refractivity contribution >= 4 is 27.5 Å². The number of rotatable bonds is 3. The van der Waals surface area contributed by atoms with Gasteiger partial charge in [-0.15, -0.1) is 11.6 Å². The second-order valence-electron chi connectivity index (χ2n) is 6.08. The van der Waals surface area contributed by atoms with Gasteiger partial charge in [0.15, 0.2) is 11.5 Å². The van der Waals surface area contributed by atoms with Crippen molar-refractivity contribution in [2.45, 2.75) is 50.3 Å². The highest BCUT2D eigenvalue weighted by Gasteiger charge is 2.22. The second kappa shape index (κ2) is 7.23. The van der Waals surface area contributed by atoms with Crippen LogP contribution in [0.3, 0.4) is 0 Å². The van der Waals surface area contributed by atoms with Crippen LogP contribution >= 0.6 is 27.5 Å². The molecule has 0 saturated heterocycles. The van der Waals surface area contributed by atoms with Crippen LogP contribution in [0.2, 0.25) is 0 Å². The average Bonchev–Trinajstić information content (AvgIpc) is 2.75. The van der Waals surface area contributed by atoms with Crippen molar-refractivity contribution < 1.29 is 9.47 Å². The molecule has 0 amide bonds. The molecule has 21 heavy (non-hydrogen) atoms. The van der Waals surface area contributed by atoms with Gasteiger partial charge in [0.25, 0.3) is 0 Å². The molecule has 4 heteroatoms. The smallest absolute Gasteiger partial charge is 0.162 e. The fourth-order valence-electron chi connectivity index (χ4n) is 3.34. The van der Waals surface area contributed by atoms with E-state index in [2.05, 4.69) is 15.9 Å². The Morgan fingerprint density at radius 1 is 1.05 bits per heavy atom. The van der Waals surface area contributed by atoms with Crippen LogP contribution in [0, 0.1) is 5.92 Å². The number of benzene rings is 1. The topological polar surface area (TPSA) is 18.5 Å². The van der Waals surface area contributed by atoms with Gasteiger partial charge in [-0.05, 0) is 30.0 Å². The second-order valence-corrected chi connectivity index (χ2v) is 7.46. The first kappa shape index (κ1) is 15.5. The highest BCUT2D eigenvalue weighted by atomic mass is 79.9. The lowest BCUT2D eigenvalue weighted by Gasteiger charge is -2.23. The number of hydrogen-bond donors (Lipinski definition) is 0. The van der Waals surface area contributed by atoms with Crippen molar-refractivity contribution in [3.8, 4) is 11.5 Å². The van der Waals surface area contributed by atoms with Gasteiger partial charge in [0.2, 0.25) is 0 Å². The van der Waals surface area contributed by atoms with E-state index in [0.29, 0.717) is 13.2 Å². The number of fused-ring (bicyclic) bond motifs is 1. The molecule has 0 bridgehead atoms. The lowest BCUT2D eigenvalue weighted by Crippen LogP contribution is -2.16. The Morgan fingerprint density at radius 2 is 1.67 bits per heavy atom. The minimum Gasteiger partial charge on any atom is -0.486 e. The van der Waals surface area contributed by atoms with E-state index < -0.39 is 0 Å². The van der Waals surface area contributed by atoms with Crippen LogP contribution in [0.4, 0.5) is 0 Å². The molecular formula is C17H22BrClO2. The SMILES string of the molecule is ClC(CC1CCCCCC1)c1cc2c(cc1Br)OCCO2. The highest BCUT2D eigenvalue weighted by Crippen LogP contribution is 2.42. The molecule has 3 rings (SSSR count). The van der Waals surface area contributed by atoms with E-state index in [4.69, 9.17) is 21.1 Å². The molecule has 0 radical (unpaired) electrons. The molecule has 1 aliphatic carbocycles. The van der Waals surface area contributed by atoms with Gasteiger partial charge in [-0.25, -0.2) is 0 Å². The van der Waals surface area contributed by atoms with Crippen molar-refractivity contribution in [1.29, 1.82) is 0 Å². The molecule has 1 aromatic carbocycles. The van der Waals surface area contributed by atoms with E-state index in [0.717, 1.165) is 33.9 Å². The predicted octanol–water partition coefficient (Wildman–Crippen LogP) is 5.86. The molecule has 0 N–H and O–H groups in total. The Morgan fingerprint density at radius 3 is 2.33 bits per heavy atom. The van der Waals surface area contributed by atoms with Gasteiger partial charge in [0.05, 0.1) is 5.38 Å². The van der Waals surface area contributed by atoms with Crippen LogP contribution in [0.25, 0.3) is 0 Å². The Labute approximate surface area is 140 Å². The number of ether oxygens (including phenoxy) is 2. The van der Waals surface area contributed by atoms with Crippen LogP contribution in [0.1, 0.15) is 55.9 Å². The van der Waals surface area contributed by atoms with Crippen LogP contribution in [0.5, 0.6) is 11.5 Å².